The van der Waals surface area contributed by atoms with Crippen LogP contribution in [0.4, 0.5) is 10.8 Å². The van der Waals surface area contributed by atoms with E-state index in [-0.39, 0.29) is 17.6 Å². The van der Waals surface area contributed by atoms with Crippen molar-refractivity contribution < 1.29 is 14.3 Å². The zero-order valence-corrected chi connectivity index (χ0v) is 21.0. The Hall–Kier alpha value is -3.62. The van der Waals surface area contributed by atoms with Crippen molar-refractivity contribution in [2.45, 2.75) is 18.7 Å². The highest BCUT2D eigenvalue weighted by Crippen LogP contribution is 2.27. The molecule has 4 aromatic rings. The largest absolute Gasteiger partial charge is 0.494 e. The molecule has 0 saturated carbocycles. The molecule has 0 atom stereocenters. The third-order valence-corrected chi connectivity index (χ3v) is 6.74. The molecular formula is C27H25N3O3S2. The van der Waals surface area contributed by atoms with E-state index in [1.807, 2.05) is 86.0 Å². The molecule has 0 fully saturated rings. The second kappa shape index (κ2) is 11.7. The summed E-state index contributed by atoms with van der Waals surface area (Å²) < 4.78 is 5.47. The van der Waals surface area contributed by atoms with Crippen molar-refractivity contribution in [1.82, 2.24) is 4.98 Å². The predicted octanol–water partition coefficient (Wildman–Crippen LogP) is 6.50. The van der Waals surface area contributed by atoms with Crippen LogP contribution in [0, 0.1) is 6.92 Å². The van der Waals surface area contributed by atoms with Gasteiger partial charge in [-0.25, -0.2) is 4.98 Å². The van der Waals surface area contributed by atoms with Gasteiger partial charge in [-0.15, -0.1) is 23.1 Å². The van der Waals surface area contributed by atoms with Crippen LogP contribution in [0.5, 0.6) is 5.75 Å². The summed E-state index contributed by atoms with van der Waals surface area (Å²) in [6.07, 6.45) is 0. The Labute approximate surface area is 212 Å². The molecule has 178 valence electrons. The molecular weight excluding hydrogens is 478 g/mol. The lowest BCUT2D eigenvalue weighted by Crippen LogP contribution is -2.13. The standard InChI is InChI=1S/C27H25N3O3S2/c1-3-33-22-11-7-19(8-12-22)24-16-35-27(29-24)30-25(31)17-34-23-13-9-21(10-14-23)28-26(32)20-6-4-5-18(2)15-20/h4-16H,3,17H2,1-2H3,(H,28,32)(H,29,30,31). The van der Waals surface area contributed by atoms with E-state index in [2.05, 4.69) is 15.6 Å². The number of amides is 2. The lowest BCUT2D eigenvalue weighted by Gasteiger charge is -2.07. The van der Waals surface area contributed by atoms with Gasteiger partial charge in [0.2, 0.25) is 5.91 Å². The van der Waals surface area contributed by atoms with Crippen LogP contribution >= 0.6 is 23.1 Å². The zero-order valence-electron chi connectivity index (χ0n) is 19.4. The van der Waals surface area contributed by atoms with Gasteiger partial charge >= 0.3 is 0 Å². The van der Waals surface area contributed by atoms with Gasteiger partial charge < -0.3 is 15.4 Å². The molecule has 0 aliphatic rings. The van der Waals surface area contributed by atoms with Crippen LogP contribution in [-0.2, 0) is 4.79 Å². The number of aryl methyl sites for hydroxylation is 1. The highest BCUT2D eigenvalue weighted by atomic mass is 32.2. The average Bonchev–Trinajstić information content (AvgIpc) is 3.32. The van der Waals surface area contributed by atoms with Crippen LogP contribution in [0.3, 0.4) is 0 Å². The quantitative estimate of drug-likeness (QED) is 0.255. The molecule has 1 aromatic heterocycles. The van der Waals surface area contributed by atoms with Gasteiger partial charge in [-0.3, -0.25) is 9.59 Å². The first-order valence-corrected chi connectivity index (χ1v) is 13.0. The highest BCUT2D eigenvalue weighted by molar-refractivity contribution is 8.00. The van der Waals surface area contributed by atoms with E-state index in [1.54, 1.807) is 6.07 Å². The Kier molecular flexibility index (Phi) is 8.18. The molecule has 2 amide bonds. The van der Waals surface area contributed by atoms with E-state index in [9.17, 15) is 9.59 Å². The van der Waals surface area contributed by atoms with Gasteiger partial charge in [-0.1, -0.05) is 17.7 Å². The number of hydrogen-bond acceptors (Lipinski definition) is 6. The monoisotopic (exact) mass is 503 g/mol. The molecule has 8 heteroatoms. The minimum Gasteiger partial charge on any atom is -0.494 e. The van der Waals surface area contributed by atoms with Crippen LogP contribution in [0.15, 0.2) is 83.1 Å². The summed E-state index contributed by atoms with van der Waals surface area (Å²) in [4.78, 5) is 30.3. The first kappa shape index (κ1) is 24.5. The molecule has 1 heterocycles. The molecule has 0 aliphatic heterocycles. The smallest absolute Gasteiger partial charge is 0.255 e. The van der Waals surface area contributed by atoms with Crippen molar-refractivity contribution in [2.24, 2.45) is 0 Å². The number of rotatable bonds is 9. The van der Waals surface area contributed by atoms with E-state index in [0.29, 0.717) is 23.0 Å². The number of benzene rings is 3. The third kappa shape index (κ3) is 6.94. The number of ether oxygens (including phenoxy) is 1. The first-order valence-electron chi connectivity index (χ1n) is 11.1. The van der Waals surface area contributed by atoms with E-state index < -0.39 is 0 Å². The Bertz CT molecular complexity index is 1300. The van der Waals surface area contributed by atoms with Gasteiger partial charge in [0.05, 0.1) is 18.1 Å². The number of aromatic nitrogens is 1. The van der Waals surface area contributed by atoms with Crippen LogP contribution in [-0.4, -0.2) is 29.2 Å². The molecule has 35 heavy (non-hydrogen) atoms. The van der Waals surface area contributed by atoms with Crippen molar-refractivity contribution in [2.75, 3.05) is 23.0 Å². The molecule has 0 spiro atoms. The number of anilines is 2. The third-order valence-electron chi connectivity index (χ3n) is 4.97. The van der Waals surface area contributed by atoms with Crippen molar-refractivity contribution in [3.8, 4) is 17.0 Å². The molecule has 2 N–H and O–H groups in total. The maximum absolute atomic E-state index is 12.4. The Balaban J connectivity index is 1.26. The minimum absolute atomic E-state index is 0.126. The molecule has 0 radical (unpaired) electrons. The van der Waals surface area contributed by atoms with Crippen LogP contribution in [0.25, 0.3) is 11.3 Å². The maximum atomic E-state index is 12.4. The van der Waals surface area contributed by atoms with Crippen molar-refractivity contribution in [3.63, 3.8) is 0 Å². The highest BCUT2D eigenvalue weighted by Gasteiger charge is 2.10. The molecule has 0 aliphatic carbocycles. The number of thioether (sulfide) groups is 1. The van der Waals surface area contributed by atoms with E-state index in [1.165, 1.54) is 23.1 Å². The summed E-state index contributed by atoms with van der Waals surface area (Å²) in [5.41, 5.74) is 4.13. The van der Waals surface area contributed by atoms with E-state index >= 15 is 0 Å². The van der Waals surface area contributed by atoms with E-state index in [0.717, 1.165) is 27.5 Å². The fraction of sp³-hybridized carbons (Fsp3) is 0.148. The van der Waals surface area contributed by atoms with Gasteiger partial charge in [-0.2, -0.15) is 0 Å². The number of nitrogens with one attached hydrogen (secondary N) is 2. The van der Waals surface area contributed by atoms with E-state index in [4.69, 9.17) is 4.74 Å². The number of carbonyl (C=O) groups excluding carboxylic acids is 2. The van der Waals surface area contributed by atoms with Crippen LogP contribution in [0.1, 0.15) is 22.8 Å². The molecule has 4 rings (SSSR count). The van der Waals surface area contributed by atoms with Crippen molar-refractivity contribution in [1.29, 1.82) is 0 Å². The lowest BCUT2D eigenvalue weighted by atomic mass is 10.1. The van der Waals surface area contributed by atoms with Crippen LogP contribution in [0.2, 0.25) is 0 Å². The van der Waals surface area contributed by atoms with Gasteiger partial charge in [0, 0.05) is 27.1 Å². The number of hydrogen-bond donors (Lipinski definition) is 2. The fourth-order valence-corrected chi connectivity index (χ4v) is 4.71. The number of thiazole rings is 1. The Morgan fingerprint density at radius 2 is 1.77 bits per heavy atom. The van der Waals surface area contributed by atoms with Crippen LogP contribution < -0.4 is 15.4 Å². The SMILES string of the molecule is CCOc1ccc(-c2csc(NC(=O)CSc3ccc(NC(=O)c4cccc(C)c4)cc3)n2)cc1. The molecule has 6 nitrogen and oxygen atoms in total. The topological polar surface area (TPSA) is 80.3 Å². The summed E-state index contributed by atoms with van der Waals surface area (Å²) >= 11 is 2.81. The van der Waals surface area contributed by atoms with Gasteiger partial charge in [-0.05, 0) is 74.5 Å². The van der Waals surface area contributed by atoms with Crippen molar-refractivity contribution in [3.05, 3.63) is 89.3 Å². The minimum atomic E-state index is -0.151. The normalized spacial score (nSPS) is 10.6. The van der Waals surface area contributed by atoms with Crippen molar-refractivity contribution >= 4 is 45.7 Å². The second-order valence-electron chi connectivity index (χ2n) is 7.68. The Morgan fingerprint density at radius 1 is 1.00 bits per heavy atom. The zero-order chi connectivity index (χ0) is 24.6. The average molecular weight is 504 g/mol. The Morgan fingerprint density at radius 3 is 2.49 bits per heavy atom. The summed E-state index contributed by atoms with van der Waals surface area (Å²) in [5.74, 6) is 0.798. The summed E-state index contributed by atoms with van der Waals surface area (Å²) in [6, 6.07) is 22.6. The lowest BCUT2D eigenvalue weighted by molar-refractivity contribution is -0.113. The van der Waals surface area contributed by atoms with Gasteiger partial charge in [0.25, 0.3) is 5.91 Å². The maximum Gasteiger partial charge on any atom is 0.255 e. The molecule has 0 saturated heterocycles. The number of nitrogens with zero attached hydrogens (tertiary/aromatic N) is 1. The summed E-state index contributed by atoms with van der Waals surface area (Å²) in [7, 11) is 0. The van der Waals surface area contributed by atoms with Gasteiger partial charge in [0.15, 0.2) is 5.13 Å². The first-order chi connectivity index (χ1) is 17.0. The molecule has 0 bridgehead atoms. The summed E-state index contributed by atoms with van der Waals surface area (Å²) in [5, 5.41) is 8.24. The number of carbonyl (C=O) groups is 2. The fourth-order valence-electron chi connectivity index (χ4n) is 3.28. The molecule has 3 aromatic carbocycles. The predicted molar refractivity (Wildman–Crippen MR) is 144 cm³/mol. The van der Waals surface area contributed by atoms with Gasteiger partial charge in [0.1, 0.15) is 5.75 Å². The second-order valence-corrected chi connectivity index (χ2v) is 9.59. The summed E-state index contributed by atoms with van der Waals surface area (Å²) in [6.45, 7) is 4.52. The molecule has 0 unspecified atom stereocenters.